The lowest BCUT2D eigenvalue weighted by atomic mass is 10.1. The van der Waals surface area contributed by atoms with Crippen LogP contribution in [-0.2, 0) is 7.05 Å². The standard InChI is InChI=1S/C8H16N4OS/c1-6-10-11-7(12(6)3)14-5-8(2,9)4-13/h13H,4-5,9H2,1-3H3. The fourth-order valence-electron chi connectivity index (χ4n) is 0.788. The molecule has 1 aromatic rings. The van der Waals surface area contributed by atoms with Gasteiger partial charge in [0.1, 0.15) is 5.82 Å². The molecule has 1 atom stereocenters. The average Bonchev–Trinajstić information content (AvgIpc) is 2.45. The van der Waals surface area contributed by atoms with E-state index in [-0.39, 0.29) is 6.61 Å². The van der Waals surface area contributed by atoms with Crippen molar-refractivity contribution in [3.8, 4) is 0 Å². The first-order valence-corrected chi connectivity index (χ1v) is 5.33. The van der Waals surface area contributed by atoms with Crippen molar-refractivity contribution in [2.75, 3.05) is 12.4 Å². The van der Waals surface area contributed by atoms with Crippen LogP contribution in [0.15, 0.2) is 5.16 Å². The maximum Gasteiger partial charge on any atom is 0.191 e. The molecule has 80 valence electrons. The summed E-state index contributed by atoms with van der Waals surface area (Å²) < 4.78 is 1.90. The molecule has 0 saturated heterocycles. The summed E-state index contributed by atoms with van der Waals surface area (Å²) in [6.07, 6.45) is 0. The number of aryl methyl sites for hydroxylation is 1. The van der Waals surface area contributed by atoms with Crippen LogP contribution < -0.4 is 5.73 Å². The summed E-state index contributed by atoms with van der Waals surface area (Å²) in [4.78, 5) is 0. The minimum Gasteiger partial charge on any atom is -0.394 e. The van der Waals surface area contributed by atoms with Gasteiger partial charge in [-0.3, -0.25) is 0 Å². The second kappa shape index (κ2) is 4.29. The van der Waals surface area contributed by atoms with Crippen LogP contribution in [0.1, 0.15) is 12.7 Å². The van der Waals surface area contributed by atoms with E-state index >= 15 is 0 Å². The van der Waals surface area contributed by atoms with Crippen molar-refractivity contribution in [2.24, 2.45) is 12.8 Å². The summed E-state index contributed by atoms with van der Waals surface area (Å²) in [5.41, 5.74) is 5.23. The Morgan fingerprint density at radius 1 is 1.57 bits per heavy atom. The summed E-state index contributed by atoms with van der Waals surface area (Å²) in [6.45, 7) is 3.67. The van der Waals surface area contributed by atoms with Crippen molar-refractivity contribution in [1.29, 1.82) is 0 Å². The molecule has 0 aromatic carbocycles. The summed E-state index contributed by atoms with van der Waals surface area (Å²) in [7, 11) is 1.91. The van der Waals surface area contributed by atoms with Gasteiger partial charge in [-0.2, -0.15) is 0 Å². The molecule has 14 heavy (non-hydrogen) atoms. The minimum atomic E-state index is -0.565. The number of nitrogens with zero attached hydrogens (tertiary/aromatic N) is 3. The predicted octanol–water partition coefficient (Wildman–Crippen LogP) is -0.0747. The van der Waals surface area contributed by atoms with Gasteiger partial charge in [0.15, 0.2) is 5.16 Å². The molecule has 0 bridgehead atoms. The highest BCUT2D eigenvalue weighted by Crippen LogP contribution is 2.19. The highest BCUT2D eigenvalue weighted by molar-refractivity contribution is 7.99. The molecular weight excluding hydrogens is 200 g/mol. The van der Waals surface area contributed by atoms with E-state index in [0.29, 0.717) is 5.75 Å². The zero-order valence-corrected chi connectivity index (χ0v) is 9.51. The molecule has 0 aliphatic heterocycles. The molecular formula is C8H16N4OS. The van der Waals surface area contributed by atoms with Gasteiger partial charge in [0, 0.05) is 18.3 Å². The van der Waals surface area contributed by atoms with Gasteiger partial charge in [0.25, 0.3) is 0 Å². The first-order chi connectivity index (χ1) is 6.46. The molecule has 0 spiro atoms. The maximum atomic E-state index is 8.97. The number of thioether (sulfide) groups is 1. The Bertz CT molecular complexity index is 310. The summed E-state index contributed by atoms with van der Waals surface area (Å²) >= 11 is 1.50. The molecule has 0 radical (unpaired) electrons. The van der Waals surface area contributed by atoms with E-state index in [2.05, 4.69) is 10.2 Å². The number of aromatic nitrogens is 3. The van der Waals surface area contributed by atoms with Crippen LogP contribution in [0.2, 0.25) is 0 Å². The first kappa shape index (κ1) is 11.5. The topological polar surface area (TPSA) is 77.0 Å². The van der Waals surface area contributed by atoms with E-state index in [9.17, 15) is 0 Å². The van der Waals surface area contributed by atoms with Gasteiger partial charge in [-0.15, -0.1) is 10.2 Å². The maximum absolute atomic E-state index is 8.97. The summed E-state index contributed by atoms with van der Waals surface area (Å²) in [6, 6.07) is 0. The third-order valence-electron chi connectivity index (χ3n) is 1.94. The lowest BCUT2D eigenvalue weighted by molar-refractivity contribution is 0.224. The summed E-state index contributed by atoms with van der Waals surface area (Å²) in [5.74, 6) is 1.49. The Hall–Kier alpha value is -0.590. The average molecular weight is 216 g/mol. The van der Waals surface area contributed by atoms with Crippen molar-refractivity contribution in [3.05, 3.63) is 5.82 Å². The molecule has 0 saturated carbocycles. The molecule has 1 aromatic heterocycles. The van der Waals surface area contributed by atoms with Crippen molar-refractivity contribution in [2.45, 2.75) is 24.5 Å². The van der Waals surface area contributed by atoms with Gasteiger partial charge in [0.05, 0.1) is 6.61 Å². The molecule has 0 aliphatic rings. The monoisotopic (exact) mass is 216 g/mol. The van der Waals surface area contributed by atoms with Crippen molar-refractivity contribution in [3.63, 3.8) is 0 Å². The van der Waals surface area contributed by atoms with Crippen LogP contribution in [0.4, 0.5) is 0 Å². The van der Waals surface area contributed by atoms with Crippen LogP contribution in [0.25, 0.3) is 0 Å². The molecule has 5 nitrogen and oxygen atoms in total. The van der Waals surface area contributed by atoms with E-state index in [1.54, 1.807) is 0 Å². The Kier molecular flexibility index (Phi) is 3.52. The van der Waals surface area contributed by atoms with E-state index in [1.807, 2.05) is 25.5 Å². The van der Waals surface area contributed by atoms with Gasteiger partial charge in [-0.1, -0.05) is 11.8 Å². The van der Waals surface area contributed by atoms with Crippen LogP contribution in [0, 0.1) is 6.92 Å². The molecule has 1 unspecified atom stereocenters. The second-order valence-electron chi connectivity index (χ2n) is 3.69. The highest BCUT2D eigenvalue weighted by Gasteiger charge is 2.18. The van der Waals surface area contributed by atoms with Crippen molar-refractivity contribution in [1.82, 2.24) is 14.8 Å². The lowest BCUT2D eigenvalue weighted by Crippen LogP contribution is -2.42. The molecule has 1 heterocycles. The van der Waals surface area contributed by atoms with Gasteiger partial charge in [0.2, 0.25) is 0 Å². The zero-order chi connectivity index (χ0) is 10.8. The van der Waals surface area contributed by atoms with E-state index in [4.69, 9.17) is 10.8 Å². The van der Waals surface area contributed by atoms with Gasteiger partial charge in [-0.25, -0.2) is 0 Å². The van der Waals surface area contributed by atoms with Crippen LogP contribution in [0.3, 0.4) is 0 Å². The Balaban J connectivity index is 2.58. The third-order valence-corrected chi connectivity index (χ3v) is 3.36. The van der Waals surface area contributed by atoms with Crippen LogP contribution >= 0.6 is 11.8 Å². The molecule has 3 N–H and O–H groups in total. The number of aliphatic hydroxyl groups excluding tert-OH is 1. The molecule has 0 fully saturated rings. The number of hydrogen-bond donors (Lipinski definition) is 2. The molecule has 0 aliphatic carbocycles. The normalized spacial score (nSPS) is 15.5. The first-order valence-electron chi connectivity index (χ1n) is 4.35. The number of aliphatic hydroxyl groups is 1. The van der Waals surface area contributed by atoms with Crippen molar-refractivity contribution < 1.29 is 5.11 Å². The minimum absolute atomic E-state index is 0.0309. The lowest BCUT2D eigenvalue weighted by Gasteiger charge is -2.20. The zero-order valence-electron chi connectivity index (χ0n) is 8.69. The molecule has 6 heteroatoms. The second-order valence-corrected chi connectivity index (χ2v) is 4.63. The Morgan fingerprint density at radius 3 is 2.64 bits per heavy atom. The van der Waals surface area contributed by atoms with E-state index < -0.39 is 5.54 Å². The fraction of sp³-hybridized carbons (Fsp3) is 0.750. The number of rotatable bonds is 4. The van der Waals surface area contributed by atoms with Crippen LogP contribution in [0.5, 0.6) is 0 Å². The van der Waals surface area contributed by atoms with Gasteiger partial charge in [-0.05, 0) is 13.8 Å². The van der Waals surface area contributed by atoms with Gasteiger partial charge < -0.3 is 15.4 Å². The largest absolute Gasteiger partial charge is 0.394 e. The SMILES string of the molecule is Cc1nnc(SCC(C)(N)CO)n1C. The quantitative estimate of drug-likeness (QED) is 0.689. The van der Waals surface area contributed by atoms with Gasteiger partial charge >= 0.3 is 0 Å². The highest BCUT2D eigenvalue weighted by atomic mass is 32.2. The third kappa shape index (κ3) is 2.70. The fourth-order valence-corrected chi connectivity index (χ4v) is 1.76. The smallest absolute Gasteiger partial charge is 0.191 e. The van der Waals surface area contributed by atoms with Crippen molar-refractivity contribution >= 4 is 11.8 Å². The van der Waals surface area contributed by atoms with E-state index in [0.717, 1.165) is 11.0 Å². The Labute approximate surface area is 87.7 Å². The molecule has 0 amide bonds. The Morgan fingerprint density at radius 2 is 2.21 bits per heavy atom. The number of hydrogen-bond acceptors (Lipinski definition) is 5. The van der Waals surface area contributed by atoms with E-state index in [1.165, 1.54) is 11.8 Å². The predicted molar refractivity (Wildman–Crippen MR) is 56.1 cm³/mol. The summed E-state index contributed by atoms with van der Waals surface area (Å²) in [5, 5.41) is 17.7. The molecule has 1 rings (SSSR count). The van der Waals surface area contributed by atoms with Crippen LogP contribution in [-0.4, -0.2) is 37.8 Å². The number of nitrogens with two attached hydrogens (primary N) is 1.